The molecule has 1 fully saturated rings. The number of hydrogen-bond donors (Lipinski definition) is 0. The van der Waals surface area contributed by atoms with Crippen LogP contribution < -0.4 is 4.90 Å². The van der Waals surface area contributed by atoms with Crippen LogP contribution in [0.15, 0.2) is 34.1 Å². The van der Waals surface area contributed by atoms with Crippen molar-refractivity contribution in [1.82, 2.24) is 4.98 Å². The van der Waals surface area contributed by atoms with E-state index in [1.165, 1.54) is 0 Å². The molecule has 0 aliphatic carbocycles. The van der Waals surface area contributed by atoms with E-state index in [1.54, 1.807) is 11.3 Å². The molecule has 0 saturated carbocycles. The third-order valence-corrected chi connectivity index (χ3v) is 6.90. The SMILES string of the molecule is CN(c1nc(-c2ccc(Br)cc2)cs1)[C@@H]1CCS(=O)(=O)C1. The zero-order chi connectivity index (χ0) is 15.0. The highest BCUT2D eigenvalue weighted by molar-refractivity contribution is 9.10. The number of thiazole rings is 1. The highest BCUT2D eigenvalue weighted by atomic mass is 79.9. The molecule has 1 aliphatic heterocycles. The summed E-state index contributed by atoms with van der Waals surface area (Å²) in [6.07, 6.45) is 0.687. The molecular formula is C14H15BrN2O2S2. The molecule has 0 amide bonds. The minimum absolute atomic E-state index is 0.0407. The minimum Gasteiger partial charge on any atom is -0.347 e. The summed E-state index contributed by atoms with van der Waals surface area (Å²) in [5.41, 5.74) is 1.99. The normalized spacial score (nSPS) is 20.6. The minimum atomic E-state index is -2.87. The molecule has 112 valence electrons. The lowest BCUT2D eigenvalue weighted by atomic mass is 10.2. The van der Waals surface area contributed by atoms with Gasteiger partial charge in [-0.25, -0.2) is 13.4 Å². The maximum atomic E-state index is 11.6. The van der Waals surface area contributed by atoms with Gasteiger partial charge in [0, 0.05) is 28.5 Å². The second-order valence-electron chi connectivity index (χ2n) is 5.19. The van der Waals surface area contributed by atoms with E-state index in [2.05, 4.69) is 20.9 Å². The second-order valence-corrected chi connectivity index (χ2v) is 9.17. The monoisotopic (exact) mass is 386 g/mol. The second kappa shape index (κ2) is 5.70. The molecule has 4 nitrogen and oxygen atoms in total. The van der Waals surface area contributed by atoms with Crippen LogP contribution in [0, 0.1) is 0 Å². The zero-order valence-electron chi connectivity index (χ0n) is 11.5. The number of aromatic nitrogens is 1. The van der Waals surface area contributed by atoms with Crippen molar-refractivity contribution >= 4 is 42.2 Å². The van der Waals surface area contributed by atoms with Gasteiger partial charge in [-0.05, 0) is 18.6 Å². The molecule has 0 bridgehead atoms. The first-order valence-corrected chi connectivity index (χ1v) is 10.1. The molecule has 7 heteroatoms. The molecule has 1 aromatic heterocycles. The summed E-state index contributed by atoms with van der Waals surface area (Å²) in [6.45, 7) is 0. The van der Waals surface area contributed by atoms with Crippen LogP contribution in [0.4, 0.5) is 5.13 Å². The molecule has 1 aliphatic rings. The Morgan fingerprint density at radius 1 is 1.33 bits per heavy atom. The fourth-order valence-corrected chi connectivity index (χ4v) is 5.33. The van der Waals surface area contributed by atoms with E-state index in [-0.39, 0.29) is 17.5 Å². The average Bonchev–Trinajstić information content (AvgIpc) is 3.05. The van der Waals surface area contributed by atoms with Crippen LogP contribution in [-0.4, -0.2) is 38.0 Å². The topological polar surface area (TPSA) is 50.3 Å². The Labute approximate surface area is 136 Å². The number of nitrogens with zero attached hydrogens (tertiary/aromatic N) is 2. The summed E-state index contributed by atoms with van der Waals surface area (Å²) >= 11 is 4.97. The van der Waals surface area contributed by atoms with Crippen molar-refractivity contribution in [2.45, 2.75) is 12.5 Å². The first-order valence-electron chi connectivity index (χ1n) is 6.59. The van der Waals surface area contributed by atoms with Gasteiger partial charge in [0.15, 0.2) is 15.0 Å². The zero-order valence-corrected chi connectivity index (χ0v) is 14.7. The Bertz CT molecular complexity index is 741. The van der Waals surface area contributed by atoms with Crippen molar-refractivity contribution in [2.75, 3.05) is 23.5 Å². The predicted molar refractivity (Wildman–Crippen MR) is 90.7 cm³/mol. The molecule has 1 atom stereocenters. The number of anilines is 1. The van der Waals surface area contributed by atoms with E-state index in [4.69, 9.17) is 0 Å². The first kappa shape index (κ1) is 15.0. The highest BCUT2D eigenvalue weighted by Crippen LogP contribution is 2.30. The van der Waals surface area contributed by atoms with Gasteiger partial charge in [-0.15, -0.1) is 11.3 Å². The largest absolute Gasteiger partial charge is 0.347 e. The van der Waals surface area contributed by atoms with Crippen molar-refractivity contribution < 1.29 is 8.42 Å². The first-order chi connectivity index (χ1) is 9.94. The molecule has 0 radical (unpaired) electrons. The molecule has 3 rings (SSSR count). The van der Waals surface area contributed by atoms with Gasteiger partial charge in [0.1, 0.15) is 0 Å². The summed E-state index contributed by atoms with van der Waals surface area (Å²) in [7, 11) is -0.942. The molecule has 1 saturated heterocycles. The smallest absolute Gasteiger partial charge is 0.185 e. The van der Waals surface area contributed by atoms with Crippen LogP contribution in [0.1, 0.15) is 6.42 Å². The summed E-state index contributed by atoms with van der Waals surface area (Å²) in [6, 6.07) is 8.05. The highest BCUT2D eigenvalue weighted by Gasteiger charge is 2.31. The van der Waals surface area contributed by atoms with E-state index in [9.17, 15) is 8.42 Å². The van der Waals surface area contributed by atoms with Crippen molar-refractivity contribution in [1.29, 1.82) is 0 Å². The van der Waals surface area contributed by atoms with E-state index in [1.807, 2.05) is 41.6 Å². The summed E-state index contributed by atoms with van der Waals surface area (Å²) < 4.78 is 24.2. The molecule has 1 aromatic carbocycles. The van der Waals surface area contributed by atoms with Crippen LogP contribution in [0.3, 0.4) is 0 Å². The van der Waals surface area contributed by atoms with Gasteiger partial charge in [-0.2, -0.15) is 0 Å². The molecule has 2 aromatic rings. The van der Waals surface area contributed by atoms with Crippen LogP contribution in [0.5, 0.6) is 0 Å². The quantitative estimate of drug-likeness (QED) is 0.812. The van der Waals surface area contributed by atoms with Gasteiger partial charge in [0.2, 0.25) is 0 Å². The van der Waals surface area contributed by atoms with Crippen molar-refractivity contribution in [3.8, 4) is 11.3 Å². The van der Waals surface area contributed by atoms with E-state index >= 15 is 0 Å². The van der Waals surface area contributed by atoms with Gasteiger partial charge in [0.05, 0.1) is 17.2 Å². The maximum Gasteiger partial charge on any atom is 0.185 e. The standard InChI is InChI=1S/C14H15BrN2O2S2/c1-17(12-6-7-21(18,19)9-12)14-16-13(8-20-14)10-2-4-11(15)5-3-10/h2-5,8,12H,6-7,9H2,1H3/t12-/m1/s1. The summed E-state index contributed by atoms with van der Waals surface area (Å²) in [5, 5.41) is 2.88. The number of benzene rings is 1. The fraction of sp³-hybridized carbons (Fsp3) is 0.357. The van der Waals surface area contributed by atoms with Gasteiger partial charge >= 0.3 is 0 Å². The Hall–Kier alpha value is -0.920. The molecule has 0 unspecified atom stereocenters. The Morgan fingerprint density at radius 2 is 2.05 bits per heavy atom. The number of halogens is 1. The third-order valence-electron chi connectivity index (χ3n) is 3.69. The average molecular weight is 387 g/mol. The molecule has 0 N–H and O–H groups in total. The van der Waals surface area contributed by atoms with Gasteiger partial charge in [0.25, 0.3) is 0 Å². The molecular weight excluding hydrogens is 372 g/mol. The molecule has 0 spiro atoms. The number of rotatable bonds is 3. The molecule has 2 heterocycles. The van der Waals surface area contributed by atoms with Gasteiger partial charge in [-0.3, -0.25) is 0 Å². The van der Waals surface area contributed by atoms with Crippen LogP contribution >= 0.6 is 27.3 Å². The van der Waals surface area contributed by atoms with Crippen LogP contribution in [0.25, 0.3) is 11.3 Å². The van der Waals surface area contributed by atoms with E-state index < -0.39 is 9.84 Å². The third kappa shape index (κ3) is 3.30. The summed E-state index contributed by atoms with van der Waals surface area (Å²) in [5.74, 6) is 0.518. The van der Waals surface area contributed by atoms with Gasteiger partial charge < -0.3 is 4.90 Å². The van der Waals surface area contributed by atoms with Crippen molar-refractivity contribution in [3.05, 3.63) is 34.1 Å². The van der Waals surface area contributed by atoms with Crippen molar-refractivity contribution in [2.24, 2.45) is 0 Å². The lowest BCUT2D eigenvalue weighted by Gasteiger charge is -2.22. The van der Waals surface area contributed by atoms with Gasteiger partial charge in [-0.1, -0.05) is 28.1 Å². The number of hydrogen-bond acceptors (Lipinski definition) is 5. The summed E-state index contributed by atoms with van der Waals surface area (Å²) in [4.78, 5) is 6.63. The van der Waals surface area contributed by atoms with E-state index in [0.717, 1.165) is 20.9 Å². The Morgan fingerprint density at radius 3 is 2.67 bits per heavy atom. The predicted octanol–water partition coefficient (Wildman–Crippen LogP) is 3.20. The van der Waals surface area contributed by atoms with Crippen molar-refractivity contribution in [3.63, 3.8) is 0 Å². The fourth-order valence-electron chi connectivity index (χ4n) is 2.42. The Balaban J connectivity index is 1.80. The van der Waals surface area contributed by atoms with Crippen LogP contribution in [0.2, 0.25) is 0 Å². The lowest BCUT2D eigenvalue weighted by molar-refractivity contribution is 0.601. The lowest BCUT2D eigenvalue weighted by Crippen LogP contribution is -2.32. The van der Waals surface area contributed by atoms with Crippen LogP contribution in [-0.2, 0) is 9.84 Å². The number of sulfone groups is 1. The molecule has 21 heavy (non-hydrogen) atoms. The Kier molecular flexibility index (Phi) is 4.07. The maximum absolute atomic E-state index is 11.6. The van der Waals surface area contributed by atoms with E-state index in [0.29, 0.717) is 6.42 Å².